The van der Waals surface area contributed by atoms with E-state index in [1.165, 1.54) is 4.90 Å². The van der Waals surface area contributed by atoms with Crippen molar-refractivity contribution in [1.82, 2.24) is 5.32 Å². The normalized spacial score (nSPS) is 15.7. The minimum atomic E-state index is -0.107. The van der Waals surface area contributed by atoms with Gasteiger partial charge in [-0.15, -0.1) is 0 Å². The van der Waals surface area contributed by atoms with Gasteiger partial charge in [-0.3, -0.25) is 9.59 Å². The molecular formula is C29H32N3O3S+. The number of amides is 2. The molecule has 0 unspecified atom stereocenters. The van der Waals surface area contributed by atoms with Gasteiger partial charge >= 0.3 is 0 Å². The summed E-state index contributed by atoms with van der Waals surface area (Å²) in [5, 5.41) is 3.07. The largest absolute Gasteiger partial charge is 0.370 e. The van der Waals surface area contributed by atoms with Crippen molar-refractivity contribution in [1.29, 1.82) is 0 Å². The Morgan fingerprint density at radius 1 is 1.03 bits per heavy atom. The summed E-state index contributed by atoms with van der Waals surface area (Å²) in [6.07, 6.45) is 0.926. The van der Waals surface area contributed by atoms with Crippen LogP contribution in [0.2, 0.25) is 0 Å². The Kier molecular flexibility index (Phi) is 7.70. The van der Waals surface area contributed by atoms with Crippen molar-refractivity contribution in [2.45, 2.75) is 29.7 Å². The van der Waals surface area contributed by atoms with Crippen LogP contribution in [0.3, 0.4) is 0 Å². The number of carbonyl (C=O) groups is 2. The van der Waals surface area contributed by atoms with Crippen molar-refractivity contribution in [3.05, 3.63) is 89.0 Å². The molecule has 0 aromatic heterocycles. The van der Waals surface area contributed by atoms with Gasteiger partial charge in [0.2, 0.25) is 0 Å². The Bertz CT molecular complexity index is 1260. The lowest BCUT2D eigenvalue weighted by molar-refractivity contribution is -0.908. The maximum Gasteiger partial charge on any atom is 0.259 e. The summed E-state index contributed by atoms with van der Waals surface area (Å²) in [6.45, 7) is 7.86. The lowest BCUT2D eigenvalue weighted by Gasteiger charge is -2.24. The number of benzene rings is 3. The number of anilines is 1. The van der Waals surface area contributed by atoms with Crippen molar-refractivity contribution < 1.29 is 19.2 Å². The Balaban J connectivity index is 1.37. The molecule has 186 valence electrons. The molecule has 5 rings (SSSR count). The van der Waals surface area contributed by atoms with E-state index in [0.717, 1.165) is 65.9 Å². The van der Waals surface area contributed by atoms with Crippen LogP contribution in [0.25, 0.3) is 0 Å². The topological polar surface area (TPSA) is 63.1 Å². The average Bonchev–Trinajstić information content (AvgIpc) is 3.02. The second-order valence-electron chi connectivity index (χ2n) is 9.32. The Labute approximate surface area is 216 Å². The maximum absolute atomic E-state index is 13.8. The van der Waals surface area contributed by atoms with Gasteiger partial charge in [0.15, 0.2) is 0 Å². The average molecular weight is 503 g/mol. The van der Waals surface area contributed by atoms with Gasteiger partial charge in [0.05, 0.1) is 37.6 Å². The van der Waals surface area contributed by atoms with Crippen molar-refractivity contribution >= 4 is 29.3 Å². The molecule has 0 atom stereocenters. The van der Waals surface area contributed by atoms with Crippen LogP contribution >= 0.6 is 11.8 Å². The minimum absolute atomic E-state index is 0.0499. The summed E-state index contributed by atoms with van der Waals surface area (Å²) >= 11 is 1.58. The fourth-order valence-electron chi connectivity index (χ4n) is 4.73. The smallest absolute Gasteiger partial charge is 0.259 e. The molecule has 0 radical (unpaired) electrons. The van der Waals surface area contributed by atoms with Crippen LogP contribution in [0.5, 0.6) is 0 Å². The number of fused-ring (bicyclic) bond motifs is 2. The molecule has 36 heavy (non-hydrogen) atoms. The van der Waals surface area contributed by atoms with Crippen molar-refractivity contribution in [2.24, 2.45) is 0 Å². The molecule has 0 spiro atoms. The molecule has 2 N–H and O–H groups in total. The summed E-state index contributed by atoms with van der Waals surface area (Å²) in [4.78, 5) is 32.0. The summed E-state index contributed by atoms with van der Waals surface area (Å²) in [5.74, 6) is -0.157. The number of ether oxygens (including phenoxy) is 1. The van der Waals surface area contributed by atoms with Crippen LogP contribution in [0.15, 0.2) is 76.5 Å². The Hall–Kier alpha value is -3.13. The number of nitrogens with zero attached hydrogens (tertiary/aromatic N) is 1. The van der Waals surface area contributed by atoms with Gasteiger partial charge in [0.25, 0.3) is 11.8 Å². The van der Waals surface area contributed by atoms with Gasteiger partial charge in [0, 0.05) is 28.3 Å². The highest BCUT2D eigenvalue weighted by molar-refractivity contribution is 7.99. The quantitative estimate of drug-likeness (QED) is 0.487. The first kappa shape index (κ1) is 24.6. The van der Waals surface area contributed by atoms with E-state index in [1.807, 2.05) is 59.5 Å². The van der Waals surface area contributed by atoms with Gasteiger partial charge in [-0.1, -0.05) is 48.2 Å². The number of nitrogens with one attached hydrogen (secondary N) is 2. The fraction of sp³-hybridized carbons (Fsp3) is 0.310. The molecule has 6 nitrogen and oxygen atoms in total. The minimum Gasteiger partial charge on any atom is -0.370 e. The van der Waals surface area contributed by atoms with Gasteiger partial charge < -0.3 is 19.9 Å². The molecule has 2 amide bonds. The molecule has 1 fully saturated rings. The molecule has 3 aromatic rings. The number of hydrogen-bond acceptors (Lipinski definition) is 4. The molecular weight excluding hydrogens is 470 g/mol. The Morgan fingerprint density at radius 2 is 1.81 bits per heavy atom. The number of quaternary nitrogens is 1. The van der Waals surface area contributed by atoms with Crippen molar-refractivity contribution in [3.8, 4) is 0 Å². The van der Waals surface area contributed by atoms with Crippen LogP contribution in [-0.4, -0.2) is 51.2 Å². The monoisotopic (exact) mass is 502 g/mol. The predicted octanol–water partition coefficient (Wildman–Crippen LogP) is 3.34. The van der Waals surface area contributed by atoms with Gasteiger partial charge in [-0.2, -0.15) is 0 Å². The molecule has 2 heterocycles. The summed E-state index contributed by atoms with van der Waals surface area (Å²) in [7, 11) is 0. The first-order chi connectivity index (χ1) is 17.6. The SMILES string of the molecule is Cc1ccccc1CN1C(=O)c2ccccc2Sc2ccc(C(=O)NCCC[NH+]3CCOCC3)cc21. The van der Waals surface area contributed by atoms with Crippen LogP contribution in [0.1, 0.15) is 38.3 Å². The highest BCUT2D eigenvalue weighted by atomic mass is 32.2. The van der Waals surface area contributed by atoms with E-state index in [-0.39, 0.29) is 11.8 Å². The second kappa shape index (κ2) is 11.3. The van der Waals surface area contributed by atoms with E-state index in [9.17, 15) is 9.59 Å². The standard InChI is InChI=1S/C29H31N3O3S/c1-21-7-2-3-8-23(21)20-32-25-19-22(28(33)30-13-6-14-31-15-17-35-18-16-31)11-12-27(25)36-26-10-5-4-9-24(26)29(32)34/h2-5,7-12,19H,6,13-18,20H2,1H3,(H,30,33)/p+1. The van der Waals surface area contributed by atoms with Gasteiger partial charge in [-0.25, -0.2) is 0 Å². The highest BCUT2D eigenvalue weighted by Gasteiger charge is 2.28. The fourth-order valence-corrected chi connectivity index (χ4v) is 5.79. The van der Waals surface area contributed by atoms with Crippen LogP contribution in [0, 0.1) is 6.92 Å². The summed E-state index contributed by atoms with van der Waals surface area (Å²) in [6, 6.07) is 21.5. The van der Waals surface area contributed by atoms with E-state index in [4.69, 9.17) is 4.74 Å². The van der Waals surface area contributed by atoms with Gasteiger partial charge in [0.1, 0.15) is 13.1 Å². The number of carbonyl (C=O) groups excluding carboxylic acids is 2. The van der Waals surface area contributed by atoms with Crippen molar-refractivity contribution in [3.63, 3.8) is 0 Å². The van der Waals surface area contributed by atoms with Crippen molar-refractivity contribution in [2.75, 3.05) is 44.3 Å². The third kappa shape index (κ3) is 5.48. The predicted molar refractivity (Wildman–Crippen MR) is 142 cm³/mol. The maximum atomic E-state index is 13.8. The van der Waals surface area contributed by atoms with Crippen LogP contribution in [0.4, 0.5) is 5.69 Å². The molecule has 0 aliphatic carbocycles. The summed E-state index contributed by atoms with van der Waals surface area (Å²) < 4.78 is 5.42. The zero-order valence-electron chi connectivity index (χ0n) is 20.6. The number of aryl methyl sites for hydroxylation is 1. The summed E-state index contributed by atoms with van der Waals surface area (Å²) in [5.41, 5.74) is 4.25. The van der Waals surface area contributed by atoms with Crippen LogP contribution < -0.4 is 15.1 Å². The van der Waals surface area contributed by atoms with E-state index in [1.54, 1.807) is 11.8 Å². The zero-order chi connectivity index (χ0) is 24.9. The molecule has 0 bridgehead atoms. The van der Waals surface area contributed by atoms with Gasteiger partial charge in [-0.05, 0) is 48.4 Å². The molecule has 1 saturated heterocycles. The van der Waals surface area contributed by atoms with E-state index in [0.29, 0.717) is 24.2 Å². The second-order valence-corrected chi connectivity index (χ2v) is 10.4. The van der Waals surface area contributed by atoms with E-state index < -0.39 is 0 Å². The third-order valence-corrected chi connectivity index (χ3v) is 8.02. The molecule has 3 aromatic carbocycles. The lowest BCUT2D eigenvalue weighted by atomic mass is 10.1. The van der Waals surface area contributed by atoms with E-state index in [2.05, 4.69) is 24.4 Å². The first-order valence-corrected chi connectivity index (χ1v) is 13.4. The first-order valence-electron chi connectivity index (χ1n) is 12.6. The Morgan fingerprint density at radius 3 is 2.64 bits per heavy atom. The molecule has 0 saturated carbocycles. The lowest BCUT2D eigenvalue weighted by Crippen LogP contribution is -3.14. The molecule has 2 aliphatic rings. The highest BCUT2D eigenvalue weighted by Crippen LogP contribution is 2.42. The number of morpholine rings is 1. The number of rotatable bonds is 7. The number of hydrogen-bond donors (Lipinski definition) is 2. The molecule has 7 heteroatoms. The van der Waals surface area contributed by atoms with Crippen LogP contribution in [-0.2, 0) is 11.3 Å². The third-order valence-electron chi connectivity index (χ3n) is 6.88. The molecule has 2 aliphatic heterocycles. The zero-order valence-corrected chi connectivity index (χ0v) is 21.4. The van der Waals surface area contributed by atoms with E-state index >= 15 is 0 Å².